The number of rotatable bonds is 2. The van der Waals surface area contributed by atoms with E-state index in [1.165, 1.54) is 0 Å². The van der Waals surface area contributed by atoms with Gasteiger partial charge in [0, 0.05) is 37.8 Å². The summed E-state index contributed by atoms with van der Waals surface area (Å²) in [6, 6.07) is 3.74. The van der Waals surface area contributed by atoms with Crippen LogP contribution in [0.15, 0.2) is 34.4 Å². The van der Waals surface area contributed by atoms with E-state index in [0.29, 0.717) is 0 Å². The lowest BCUT2D eigenvalue weighted by atomic mass is 10.3. The molecule has 2 aromatic rings. The Hall–Kier alpha value is -1.77. The molecule has 0 saturated carbocycles. The molecule has 1 saturated heterocycles. The van der Waals surface area contributed by atoms with Crippen molar-refractivity contribution in [1.29, 1.82) is 0 Å². The van der Waals surface area contributed by atoms with Crippen LogP contribution in [0.2, 0.25) is 0 Å². The maximum Gasteiger partial charge on any atom is 0.185 e. The van der Waals surface area contributed by atoms with Crippen LogP contribution in [0.3, 0.4) is 0 Å². The number of nitrogens with zero attached hydrogens (tertiary/aromatic N) is 3. The van der Waals surface area contributed by atoms with Crippen LogP contribution in [0.1, 0.15) is 5.76 Å². The molecule has 0 aromatic carbocycles. The molecule has 1 fully saturated rings. The highest BCUT2D eigenvalue weighted by atomic mass is 32.1. The molecule has 0 N–H and O–H groups in total. The molecule has 0 aliphatic carbocycles. The molecule has 4 nitrogen and oxygen atoms in total. The second kappa shape index (κ2) is 5.91. The molecule has 5 heteroatoms. The SMILES string of the molecule is C(#Cc1ccco1)CN1CCN(c2nccs2)CC1. The minimum Gasteiger partial charge on any atom is -0.456 e. The summed E-state index contributed by atoms with van der Waals surface area (Å²) in [4.78, 5) is 9.04. The zero-order valence-corrected chi connectivity index (χ0v) is 11.4. The topological polar surface area (TPSA) is 32.5 Å². The third-order valence-corrected chi connectivity index (χ3v) is 3.93. The lowest BCUT2D eigenvalue weighted by Crippen LogP contribution is -2.46. The molecule has 3 rings (SSSR count). The van der Waals surface area contributed by atoms with Gasteiger partial charge < -0.3 is 9.32 Å². The van der Waals surface area contributed by atoms with Gasteiger partial charge in [-0.2, -0.15) is 0 Å². The number of anilines is 1. The highest BCUT2D eigenvalue weighted by molar-refractivity contribution is 7.13. The van der Waals surface area contributed by atoms with Gasteiger partial charge in [-0.15, -0.1) is 11.3 Å². The van der Waals surface area contributed by atoms with E-state index in [1.54, 1.807) is 17.6 Å². The average Bonchev–Trinajstić information content (AvgIpc) is 3.13. The first-order valence-corrected chi connectivity index (χ1v) is 7.19. The van der Waals surface area contributed by atoms with Gasteiger partial charge in [0.05, 0.1) is 12.8 Å². The zero-order valence-electron chi connectivity index (χ0n) is 10.6. The highest BCUT2D eigenvalue weighted by Crippen LogP contribution is 2.18. The first kappa shape index (κ1) is 12.3. The molecule has 2 aromatic heterocycles. The molecule has 0 spiro atoms. The molecule has 0 radical (unpaired) electrons. The van der Waals surface area contributed by atoms with E-state index < -0.39 is 0 Å². The molecule has 3 heterocycles. The molecule has 98 valence electrons. The second-order valence-corrected chi connectivity index (χ2v) is 5.23. The fourth-order valence-corrected chi connectivity index (χ4v) is 2.75. The predicted octanol–water partition coefficient (Wildman–Crippen LogP) is 1.91. The number of hydrogen-bond acceptors (Lipinski definition) is 5. The van der Waals surface area contributed by atoms with Crippen LogP contribution in [0.4, 0.5) is 5.13 Å². The Balaban J connectivity index is 1.48. The van der Waals surface area contributed by atoms with Gasteiger partial charge in [-0.25, -0.2) is 4.98 Å². The molecule has 0 bridgehead atoms. The van der Waals surface area contributed by atoms with Crippen LogP contribution >= 0.6 is 11.3 Å². The summed E-state index contributed by atoms with van der Waals surface area (Å²) in [7, 11) is 0. The zero-order chi connectivity index (χ0) is 12.9. The maximum absolute atomic E-state index is 5.18. The largest absolute Gasteiger partial charge is 0.456 e. The molecule has 1 aliphatic rings. The van der Waals surface area contributed by atoms with Gasteiger partial charge in [0.25, 0.3) is 0 Å². The standard InChI is InChI=1S/C14H15N3OS/c1(3-13-4-2-11-18-13)6-16-7-9-17(10-8-16)14-15-5-12-19-14/h2,4-5,11-12H,6-10H2. The van der Waals surface area contributed by atoms with Gasteiger partial charge in [-0.05, 0) is 18.1 Å². The van der Waals surface area contributed by atoms with Crippen molar-refractivity contribution in [3.63, 3.8) is 0 Å². The summed E-state index contributed by atoms with van der Waals surface area (Å²) < 4.78 is 5.18. The van der Waals surface area contributed by atoms with Gasteiger partial charge in [0.15, 0.2) is 10.9 Å². The predicted molar refractivity (Wildman–Crippen MR) is 76.4 cm³/mol. The summed E-state index contributed by atoms with van der Waals surface area (Å²) in [6.07, 6.45) is 3.51. The van der Waals surface area contributed by atoms with E-state index in [0.717, 1.165) is 43.6 Å². The number of furan rings is 1. The van der Waals surface area contributed by atoms with E-state index in [9.17, 15) is 0 Å². The van der Waals surface area contributed by atoms with Gasteiger partial charge >= 0.3 is 0 Å². The van der Waals surface area contributed by atoms with Gasteiger partial charge in [-0.3, -0.25) is 4.90 Å². The Morgan fingerprint density at radius 1 is 1.32 bits per heavy atom. The number of piperazine rings is 1. The van der Waals surface area contributed by atoms with Gasteiger partial charge in [0.2, 0.25) is 0 Å². The number of thiazole rings is 1. The summed E-state index contributed by atoms with van der Waals surface area (Å²) in [6.45, 7) is 4.91. The highest BCUT2D eigenvalue weighted by Gasteiger charge is 2.17. The van der Waals surface area contributed by atoms with Crippen molar-refractivity contribution < 1.29 is 4.42 Å². The Morgan fingerprint density at radius 2 is 2.21 bits per heavy atom. The van der Waals surface area contributed by atoms with Crippen molar-refractivity contribution in [2.45, 2.75) is 0 Å². The van der Waals surface area contributed by atoms with Gasteiger partial charge in [-0.1, -0.05) is 5.92 Å². The van der Waals surface area contributed by atoms with Crippen molar-refractivity contribution in [3.8, 4) is 11.8 Å². The van der Waals surface area contributed by atoms with Crippen LogP contribution in [0.25, 0.3) is 0 Å². The summed E-state index contributed by atoms with van der Waals surface area (Å²) in [5, 5.41) is 3.15. The van der Waals surface area contributed by atoms with E-state index >= 15 is 0 Å². The normalized spacial score (nSPS) is 16.1. The van der Waals surface area contributed by atoms with Crippen LogP contribution < -0.4 is 4.90 Å². The van der Waals surface area contributed by atoms with Crippen molar-refractivity contribution in [2.24, 2.45) is 0 Å². The van der Waals surface area contributed by atoms with Crippen LogP contribution in [0, 0.1) is 11.8 Å². The lowest BCUT2D eigenvalue weighted by molar-refractivity contribution is 0.288. The number of hydrogen-bond donors (Lipinski definition) is 0. The summed E-state index contributed by atoms with van der Waals surface area (Å²) in [5.41, 5.74) is 0. The van der Waals surface area contributed by atoms with E-state index in [2.05, 4.69) is 26.6 Å². The molecular weight excluding hydrogens is 258 g/mol. The smallest absolute Gasteiger partial charge is 0.185 e. The molecule has 1 aliphatic heterocycles. The first-order valence-electron chi connectivity index (χ1n) is 6.31. The van der Waals surface area contributed by atoms with Crippen LogP contribution in [-0.4, -0.2) is 42.6 Å². The number of aromatic nitrogens is 1. The molecule has 0 atom stereocenters. The van der Waals surface area contributed by atoms with Crippen molar-refractivity contribution >= 4 is 16.5 Å². The Bertz CT molecular complexity index is 545. The van der Waals surface area contributed by atoms with Crippen molar-refractivity contribution in [1.82, 2.24) is 9.88 Å². The van der Waals surface area contributed by atoms with Gasteiger partial charge in [0.1, 0.15) is 0 Å². The third kappa shape index (κ3) is 3.16. The van der Waals surface area contributed by atoms with Crippen LogP contribution in [-0.2, 0) is 0 Å². The van der Waals surface area contributed by atoms with Crippen LogP contribution in [0.5, 0.6) is 0 Å². The third-order valence-electron chi connectivity index (χ3n) is 3.10. The fraction of sp³-hybridized carbons (Fsp3) is 0.357. The summed E-state index contributed by atoms with van der Waals surface area (Å²) >= 11 is 1.70. The van der Waals surface area contributed by atoms with E-state index in [1.807, 2.05) is 23.7 Å². The van der Waals surface area contributed by atoms with E-state index in [4.69, 9.17) is 4.42 Å². The Labute approximate surface area is 116 Å². The summed E-state index contributed by atoms with van der Waals surface area (Å²) in [5.74, 6) is 6.92. The minimum atomic E-state index is 0.737. The Kier molecular flexibility index (Phi) is 3.82. The molecule has 0 amide bonds. The maximum atomic E-state index is 5.18. The molecular formula is C14H15N3OS. The van der Waals surface area contributed by atoms with Crippen molar-refractivity contribution in [3.05, 3.63) is 35.7 Å². The minimum absolute atomic E-state index is 0.737. The first-order chi connectivity index (χ1) is 9.42. The monoisotopic (exact) mass is 273 g/mol. The lowest BCUT2D eigenvalue weighted by Gasteiger charge is -2.33. The molecule has 0 unspecified atom stereocenters. The second-order valence-electron chi connectivity index (χ2n) is 4.36. The van der Waals surface area contributed by atoms with E-state index in [-0.39, 0.29) is 0 Å². The fourth-order valence-electron chi connectivity index (χ4n) is 2.06. The molecule has 19 heavy (non-hydrogen) atoms. The van der Waals surface area contributed by atoms with Crippen molar-refractivity contribution in [2.75, 3.05) is 37.6 Å². The average molecular weight is 273 g/mol. The Morgan fingerprint density at radius 3 is 2.89 bits per heavy atom. The quantitative estimate of drug-likeness (QED) is 0.783.